The van der Waals surface area contributed by atoms with E-state index in [9.17, 15) is 0 Å². The van der Waals surface area contributed by atoms with Crippen LogP contribution in [0.3, 0.4) is 0 Å². The number of anilines is 3. The Hall–Kier alpha value is -3.26. The van der Waals surface area contributed by atoms with Gasteiger partial charge in [0.2, 0.25) is 11.9 Å². The van der Waals surface area contributed by atoms with Gasteiger partial charge in [0.05, 0.1) is 19.3 Å². The normalized spacial score (nSPS) is 16.8. The van der Waals surface area contributed by atoms with E-state index in [1.807, 2.05) is 36.5 Å². The van der Waals surface area contributed by atoms with Gasteiger partial charge >= 0.3 is 0 Å². The van der Waals surface area contributed by atoms with Gasteiger partial charge in [0.25, 0.3) is 0 Å². The molecule has 3 aromatic rings. The number of likely N-dealkylation sites (tertiary alicyclic amines) is 1. The summed E-state index contributed by atoms with van der Waals surface area (Å²) >= 11 is 0. The predicted octanol–water partition coefficient (Wildman–Crippen LogP) is 2.59. The van der Waals surface area contributed by atoms with E-state index in [1.165, 1.54) is 5.56 Å². The molecule has 1 fully saturated rings. The van der Waals surface area contributed by atoms with Crippen molar-refractivity contribution in [1.29, 1.82) is 0 Å². The molecule has 3 N–H and O–H groups in total. The average Bonchev–Trinajstić information content (AvgIpc) is 3.17. The first kappa shape index (κ1) is 18.1. The molecule has 0 bridgehead atoms. The number of nitrogens with one attached hydrogen (secondary N) is 1. The molecular weight excluding hydrogens is 354 g/mol. The zero-order valence-corrected chi connectivity index (χ0v) is 15.7. The van der Waals surface area contributed by atoms with Crippen LogP contribution < -0.4 is 15.8 Å². The summed E-state index contributed by atoms with van der Waals surface area (Å²) in [5.74, 6) is 2.46. The average molecular weight is 377 g/mol. The van der Waals surface area contributed by atoms with Crippen LogP contribution in [0.25, 0.3) is 0 Å². The number of rotatable bonds is 6. The van der Waals surface area contributed by atoms with Crippen molar-refractivity contribution in [2.24, 2.45) is 0 Å². The Morgan fingerprint density at radius 2 is 2.07 bits per heavy atom. The monoisotopic (exact) mass is 377 g/mol. The molecule has 1 aromatic carbocycles. The molecule has 1 aliphatic rings. The van der Waals surface area contributed by atoms with Gasteiger partial charge in [-0.1, -0.05) is 18.2 Å². The number of para-hydroxylation sites is 2. The van der Waals surface area contributed by atoms with E-state index < -0.39 is 0 Å². The van der Waals surface area contributed by atoms with E-state index in [1.54, 1.807) is 13.3 Å². The molecule has 0 radical (unpaired) electrons. The van der Waals surface area contributed by atoms with Crippen LogP contribution in [0.4, 0.5) is 17.6 Å². The largest absolute Gasteiger partial charge is 0.495 e. The third-order valence-corrected chi connectivity index (χ3v) is 4.85. The fourth-order valence-electron chi connectivity index (χ4n) is 3.50. The highest BCUT2D eigenvalue weighted by Gasteiger charge is 2.25. The Morgan fingerprint density at radius 1 is 1.18 bits per heavy atom. The summed E-state index contributed by atoms with van der Waals surface area (Å²) in [6.45, 7) is 2.57. The first-order valence-electron chi connectivity index (χ1n) is 9.24. The fourth-order valence-corrected chi connectivity index (χ4v) is 3.50. The molecule has 3 heterocycles. The van der Waals surface area contributed by atoms with Crippen LogP contribution in [0.15, 0.2) is 48.8 Å². The highest BCUT2D eigenvalue weighted by Crippen LogP contribution is 2.28. The number of pyridine rings is 1. The van der Waals surface area contributed by atoms with E-state index in [0.717, 1.165) is 25.2 Å². The predicted molar refractivity (Wildman–Crippen MR) is 107 cm³/mol. The second-order valence-corrected chi connectivity index (χ2v) is 6.77. The van der Waals surface area contributed by atoms with Crippen molar-refractivity contribution in [3.8, 4) is 5.75 Å². The molecule has 1 atom stereocenters. The van der Waals surface area contributed by atoms with Gasteiger partial charge in [0.1, 0.15) is 11.6 Å². The van der Waals surface area contributed by atoms with E-state index in [2.05, 4.69) is 36.2 Å². The number of nitrogens with zero attached hydrogens (tertiary/aromatic N) is 5. The molecule has 0 aliphatic carbocycles. The second-order valence-electron chi connectivity index (χ2n) is 6.77. The highest BCUT2D eigenvalue weighted by molar-refractivity contribution is 5.62. The maximum atomic E-state index is 5.92. The zero-order chi connectivity index (χ0) is 19.3. The van der Waals surface area contributed by atoms with Gasteiger partial charge in [0.15, 0.2) is 0 Å². The van der Waals surface area contributed by atoms with E-state index in [0.29, 0.717) is 30.0 Å². The summed E-state index contributed by atoms with van der Waals surface area (Å²) in [6, 6.07) is 11.7. The van der Waals surface area contributed by atoms with Crippen LogP contribution in [0.2, 0.25) is 0 Å². The standard InChI is InChI=1S/C20H23N7O/c1-28-17-7-3-2-6-16(17)23-20-25-18(24-19(21)26-20)13-27-10-8-15(12-27)14-5-4-9-22-11-14/h2-7,9,11,15H,8,10,12-13H2,1H3,(H3,21,23,24,25,26). The van der Waals surface area contributed by atoms with Gasteiger partial charge in [-0.2, -0.15) is 15.0 Å². The Morgan fingerprint density at radius 3 is 2.89 bits per heavy atom. The molecule has 0 saturated carbocycles. The van der Waals surface area contributed by atoms with Crippen LogP contribution in [-0.4, -0.2) is 45.0 Å². The Bertz CT molecular complexity index is 935. The van der Waals surface area contributed by atoms with Crippen LogP contribution in [0, 0.1) is 0 Å². The number of methoxy groups -OCH3 is 1. The number of ether oxygens (including phenoxy) is 1. The maximum Gasteiger partial charge on any atom is 0.232 e. The van der Waals surface area contributed by atoms with Gasteiger partial charge < -0.3 is 15.8 Å². The summed E-state index contributed by atoms with van der Waals surface area (Å²) < 4.78 is 5.36. The molecule has 8 heteroatoms. The first-order valence-corrected chi connectivity index (χ1v) is 9.24. The summed E-state index contributed by atoms with van der Waals surface area (Å²) in [4.78, 5) is 19.6. The van der Waals surface area contributed by atoms with Crippen molar-refractivity contribution >= 4 is 17.6 Å². The SMILES string of the molecule is COc1ccccc1Nc1nc(N)nc(CN2CCC(c3cccnc3)C2)n1. The number of nitrogens with two attached hydrogens (primary N) is 1. The lowest BCUT2D eigenvalue weighted by Crippen LogP contribution is -2.22. The molecule has 0 amide bonds. The van der Waals surface area contributed by atoms with E-state index in [4.69, 9.17) is 10.5 Å². The number of hydrogen-bond acceptors (Lipinski definition) is 8. The van der Waals surface area contributed by atoms with Crippen LogP contribution in [0.1, 0.15) is 23.7 Å². The zero-order valence-electron chi connectivity index (χ0n) is 15.7. The molecule has 28 heavy (non-hydrogen) atoms. The van der Waals surface area contributed by atoms with Crippen molar-refractivity contribution in [3.05, 3.63) is 60.2 Å². The van der Waals surface area contributed by atoms with E-state index in [-0.39, 0.29) is 5.95 Å². The van der Waals surface area contributed by atoms with Gasteiger partial charge in [-0.05, 0) is 42.6 Å². The van der Waals surface area contributed by atoms with Crippen LogP contribution >= 0.6 is 0 Å². The summed E-state index contributed by atoms with van der Waals surface area (Å²) in [5, 5.41) is 3.17. The van der Waals surface area contributed by atoms with Gasteiger partial charge in [-0.3, -0.25) is 9.88 Å². The minimum Gasteiger partial charge on any atom is -0.495 e. The number of aromatic nitrogens is 4. The van der Waals surface area contributed by atoms with Gasteiger partial charge in [-0.25, -0.2) is 0 Å². The fraction of sp³-hybridized carbons (Fsp3) is 0.300. The quantitative estimate of drug-likeness (QED) is 0.676. The van der Waals surface area contributed by atoms with Crippen molar-refractivity contribution in [2.75, 3.05) is 31.2 Å². The van der Waals surface area contributed by atoms with Crippen molar-refractivity contribution in [3.63, 3.8) is 0 Å². The van der Waals surface area contributed by atoms with Crippen LogP contribution in [0.5, 0.6) is 5.75 Å². The summed E-state index contributed by atoms with van der Waals surface area (Å²) in [7, 11) is 1.62. The van der Waals surface area contributed by atoms with Crippen molar-refractivity contribution in [1.82, 2.24) is 24.8 Å². The minimum atomic E-state index is 0.199. The lowest BCUT2D eigenvalue weighted by Gasteiger charge is -2.16. The minimum absolute atomic E-state index is 0.199. The molecule has 144 valence electrons. The molecule has 0 spiro atoms. The molecule has 1 saturated heterocycles. The molecule has 8 nitrogen and oxygen atoms in total. The highest BCUT2D eigenvalue weighted by atomic mass is 16.5. The topological polar surface area (TPSA) is 102 Å². The van der Waals surface area contributed by atoms with Gasteiger partial charge in [-0.15, -0.1) is 0 Å². The smallest absolute Gasteiger partial charge is 0.232 e. The Kier molecular flexibility index (Phi) is 5.29. The molecular formula is C20H23N7O. The number of hydrogen-bond donors (Lipinski definition) is 2. The van der Waals surface area contributed by atoms with E-state index >= 15 is 0 Å². The Labute approximate surface area is 163 Å². The lowest BCUT2D eigenvalue weighted by molar-refractivity contribution is 0.318. The molecule has 1 unspecified atom stereocenters. The van der Waals surface area contributed by atoms with Gasteiger partial charge in [0, 0.05) is 18.9 Å². The summed E-state index contributed by atoms with van der Waals surface area (Å²) in [5.41, 5.74) is 7.97. The number of nitrogen functional groups attached to an aromatic ring is 1. The number of benzene rings is 1. The van der Waals surface area contributed by atoms with Crippen LogP contribution in [-0.2, 0) is 6.54 Å². The molecule has 2 aromatic heterocycles. The maximum absolute atomic E-state index is 5.92. The van der Waals surface area contributed by atoms with Crippen molar-refractivity contribution < 1.29 is 4.74 Å². The first-order chi connectivity index (χ1) is 13.7. The molecule has 4 rings (SSSR count). The summed E-state index contributed by atoms with van der Waals surface area (Å²) in [6.07, 6.45) is 4.85. The second kappa shape index (κ2) is 8.18. The lowest BCUT2D eigenvalue weighted by atomic mass is 10.0. The third-order valence-electron chi connectivity index (χ3n) is 4.85. The molecule has 1 aliphatic heterocycles. The third kappa shape index (κ3) is 4.17. The van der Waals surface area contributed by atoms with Crippen molar-refractivity contribution in [2.45, 2.75) is 18.9 Å². The Balaban J connectivity index is 1.46.